The van der Waals surface area contributed by atoms with Gasteiger partial charge >= 0.3 is 0 Å². The van der Waals surface area contributed by atoms with Gasteiger partial charge in [-0.3, -0.25) is 4.79 Å². The number of amides is 1. The summed E-state index contributed by atoms with van der Waals surface area (Å²) in [5.74, 6) is 0.441. The molecule has 2 rings (SSSR count). The molecule has 1 heterocycles. The highest BCUT2D eigenvalue weighted by Gasteiger charge is 2.10. The van der Waals surface area contributed by atoms with E-state index in [4.69, 9.17) is 16.3 Å². The summed E-state index contributed by atoms with van der Waals surface area (Å²) in [5.41, 5.74) is 1.69. The number of hydrogen-bond donors (Lipinski definition) is 1. The fraction of sp³-hybridized carbons (Fsp3) is 0.231. The Morgan fingerprint density at radius 1 is 1.47 bits per heavy atom. The van der Waals surface area contributed by atoms with E-state index in [9.17, 15) is 4.79 Å². The van der Waals surface area contributed by atoms with Gasteiger partial charge in [0.2, 0.25) is 5.91 Å². The second-order valence-electron chi connectivity index (χ2n) is 3.65. The van der Waals surface area contributed by atoms with Crippen molar-refractivity contribution in [3.05, 3.63) is 29.6 Å². The molecule has 0 saturated heterocycles. The van der Waals surface area contributed by atoms with Crippen LogP contribution >= 0.6 is 22.9 Å². The number of alkyl halides is 1. The van der Waals surface area contributed by atoms with Crippen LogP contribution in [0.15, 0.2) is 29.6 Å². The Morgan fingerprint density at radius 3 is 3.00 bits per heavy atom. The molecular weight excluding hydrogens is 284 g/mol. The standard InChI is InChI=1S/C13H13ClN2O2S/c1-2-18-11-6-4-3-5-9(11)10-8-19-13(15-10)16-12(17)7-14/h3-6,8H,2,7H2,1H3,(H,15,16,17). The minimum atomic E-state index is -0.263. The van der Waals surface area contributed by atoms with E-state index in [0.717, 1.165) is 17.0 Å². The van der Waals surface area contributed by atoms with Crippen LogP contribution < -0.4 is 10.1 Å². The quantitative estimate of drug-likeness (QED) is 0.861. The van der Waals surface area contributed by atoms with E-state index in [1.165, 1.54) is 11.3 Å². The maximum Gasteiger partial charge on any atom is 0.241 e. The number of nitrogens with zero attached hydrogens (tertiary/aromatic N) is 1. The van der Waals surface area contributed by atoms with Gasteiger partial charge in [0.25, 0.3) is 0 Å². The topological polar surface area (TPSA) is 51.2 Å². The summed E-state index contributed by atoms with van der Waals surface area (Å²) in [6, 6.07) is 7.67. The average Bonchev–Trinajstić information content (AvgIpc) is 2.88. The molecule has 4 nitrogen and oxygen atoms in total. The Hall–Kier alpha value is -1.59. The number of carbonyl (C=O) groups excluding carboxylic acids is 1. The minimum absolute atomic E-state index is 0.0789. The number of aromatic nitrogens is 1. The zero-order valence-corrected chi connectivity index (χ0v) is 11.9. The lowest BCUT2D eigenvalue weighted by Crippen LogP contribution is -2.12. The van der Waals surface area contributed by atoms with Crippen LogP contribution in [-0.2, 0) is 4.79 Å². The van der Waals surface area contributed by atoms with Gasteiger partial charge in [-0.1, -0.05) is 12.1 Å². The highest BCUT2D eigenvalue weighted by Crippen LogP contribution is 2.32. The summed E-state index contributed by atoms with van der Waals surface area (Å²) in [6.07, 6.45) is 0. The van der Waals surface area contributed by atoms with Crippen molar-refractivity contribution in [3.8, 4) is 17.0 Å². The Balaban J connectivity index is 2.25. The molecule has 1 aromatic carbocycles. The molecule has 1 aromatic heterocycles. The molecule has 0 spiro atoms. The summed E-state index contributed by atoms with van der Waals surface area (Å²) in [6.45, 7) is 2.53. The first-order valence-electron chi connectivity index (χ1n) is 5.78. The second-order valence-corrected chi connectivity index (χ2v) is 4.77. The van der Waals surface area contributed by atoms with Crippen molar-refractivity contribution in [1.82, 2.24) is 4.98 Å². The van der Waals surface area contributed by atoms with Gasteiger partial charge in [0.15, 0.2) is 5.13 Å². The number of thiazole rings is 1. The molecule has 6 heteroatoms. The minimum Gasteiger partial charge on any atom is -0.493 e. The van der Waals surface area contributed by atoms with Crippen LogP contribution in [0.5, 0.6) is 5.75 Å². The molecule has 1 N–H and O–H groups in total. The van der Waals surface area contributed by atoms with Crippen molar-refractivity contribution in [3.63, 3.8) is 0 Å². The van der Waals surface area contributed by atoms with Gasteiger partial charge in [0.05, 0.1) is 12.3 Å². The third kappa shape index (κ3) is 3.45. The maximum absolute atomic E-state index is 11.2. The summed E-state index contributed by atoms with van der Waals surface area (Å²) in [5, 5.41) is 5.04. The van der Waals surface area contributed by atoms with Gasteiger partial charge in [0.1, 0.15) is 11.6 Å². The molecule has 0 unspecified atom stereocenters. The predicted octanol–water partition coefficient (Wildman–Crippen LogP) is 3.39. The summed E-state index contributed by atoms with van der Waals surface area (Å²) >= 11 is 6.79. The molecule has 19 heavy (non-hydrogen) atoms. The van der Waals surface area contributed by atoms with Crippen molar-refractivity contribution in [2.45, 2.75) is 6.92 Å². The molecule has 0 saturated carbocycles. The van der Waals surface area contributed by atoms with Crippen molar-refractivity contribution < 1.29 is 9.53 Å². The van der Waals surface area contributed by atoms with Crippen molar-refractivity contribution in [2.75, 3.05) is 17.8 Å². The highest BCUT2D eigenvalue weighted by molar-refractivity contribution is 7.14. The molecule has 0 atom stereocenters. The number of hydrogen-bond acceptors (Lipinski definition) is 4. The number of ether oxygens (including phenoxy) is 1. The Kier molecular flexibility index (Phi) is 4.76. The molecule has 0 bridgehead atoms. The van der Waals surface area contributed by atoms with Gasteiger partial charge in [-0.15, -0.1) is 22.9 Å². The first-order chi connectivity index (χ1) is 9.24. The number of benzene rings is 1. The molecule has 1 amide bonds. The predicted molar refractivity (Wildman–Crippen MR) is 78.1 cm³/mol. The zero-order chi connectivity index (χ0) is 13.7. The first kappa shape index (κ1) is 13.8. The Bertz CT molecular complexity index is 571. The highest BCUT2D eigenvalue weighted by atomic mass is 35.5. The number of anilines is 1. The third-order valence-corrected chi connectivity index (χ3v) is 3.34. The van der Waals surface area contributed by atoms with E-state index in [1.807, 2.05) is 36.6 Å². The fourth-order valence-corrected chi connectivity index (χ4v) is 2.36. The van der Waals surface area contributed by atoms with Gasteiger partial charge in [-0.25, -0.2) is 4.98 Å². The zero-order valence-electron chi connectivity index (χ0n) is 10.4. The second kappa shape index (κ2) is 6.54. The van der Waals surface area contributed by atoms with Crippen LogP contribution in [0.4, 0.5) is 5.13 Å². The lowest BCUT2D eigenvalue weighted by Gasteiger charge is -2.07. The van der Waals surface area contributed by atoms with Gasteiger partial charge in [0, 0.05) is 10.9 Å². The average molecular weight is 297 g/mol. The molecule has 0 aliphatic heterocycles. The lowest BCUT2D eigenvalue weighted by molar-refractivity contribution is -0.113. The number of nitrogens with one attached hydrogen (secondary N) is 1. The monoisotopic (exact) mass is 296 g/mol. The molecular formula is C13H13ClN2O2S. The molecule has 0 fully saturated rings. The van der Waals surface area contributed by atoms with E-state index in [0.29, 0.717) is 11.7 Å². The van der Waals surface area contributed by atoms with Crippen LogP contribution in [0.2, 0.25) is 0 Å². The summed E-state index contributed by atoms with van der Waals surface area (Å²) in [4.78, 5) is 15.6. The van der Waals surface area contributed by atoms with Crippen LogP contribution in [0.3, 0.4) is 0 Å². The summed E-state index contributed by atoms with van der Waals surface area (Å²) in [7, 11) is 0. The smallest absolute Gasteiger partial charge is 0.241 e. The van der Waals surface area contributed by atoms with Crippen LogP contribution in [0.25, 0.3) is 11.3 Å². The van der Waals surface area contributed by atoms with Crippen molar-refractivity contribution in [1.29, 1.82) is 0 Å². The van der Waals surface area contributed by atoms with Gasteiger partial charge in [-0.2, -0.15) is 0 Å². The maximum atomic E-state index is 11.2. The number of halogens is 1. The fourth-order valence-electron chi connectivity index (χ4n) is 1.57. The Morgan fingerprint density at radius 2 is 2.26 bits per heavy atom. The van der Waals surface area contributed by atoms with E-state index in [2.05, 4.69) is 10.3 Å². The van der Waals surface area contributed by atoms with Crippen LogP contribution in [0.1, 0.15) is 6.92 Å². The van der Waals surface area contributed by atoms with E-state index in [1.54, 1.807) is 0 Å². The van der Waals surface area contributed by atoms with E-state index in [-0.39, 0.29) is 11.8 Å². The number of carbonyl (C=O) groups is 1. The molecule has 0 radical (unpaired) electrons. The van der Waals surface area contributed by atoms with Crippen molar-refractivity contribution >= 4 is 34.0 Å². The van der Waals surface area contributed by atoms with E-state index >= 15 is 0 Å². The Labute approximate surface area is 120 Å². The van der Waals surface area contributed by atoms with Crippen LogP contribution in [0, 0.1) is 0 Å². The normalized spacial score (nSPS) is 10.2. The molecule has 2 aromatic rings. The largest absolute Gasteiger partial charge is 0.493 e. The summed E-state index contributed by atoms with van der Waals surface area (Å²) < 4.78 is 5.56. The van der Waals surface area contributed by atoms with E-state index < -0.39 is 0 Å². The molecule has 0 aliphatic rings. The number of para-hydroxylation sites is 1. The molecule has 0 aliphatic carbocycles. The SMILES string of the molecule is CCOc1ccccc1-c1csc(NC(=O)CCl)n1. The number of rotatable bonds is 5. The lowest BCUT2D eigenvalue weighted by atomic mass is 10.1. The third-order valence-electron chi connectivity index (χ3n) is 2.33. The van der Waals surface area contributed by atoms with Gasteiger partial charge in [-0.05, 0) is 19.1 Å². The first-order valence-corrected chi connectivity index (χ1v) is 7.19. The van der Waals surface area contributed by atoms with Crippen LogP contribution in [-0.4, -0.2) is 23.4 Å². The van der Waals surface area contributed by atoms with Crippen molar-refractivity contribution in [2.24, 2.45) is 0 Å². The molecule has 100 valence electrons. The van der Waals surface area contributed by atoms with Gasteiger partial charge < -0.3 is 10.1 Å².